The molecule has 5 nitrogen and oxygen atoms in total. The molecule has 0 aliphatic carbocycles. The molecule has 5 heteroatoms. The molecule has 2 rings (SSSR count). The lowest BCUT2D eigenvalue weighted by molar-refractivity contribution is -0.125. The molecule has 0 saturated heterocycles. The number of rotatable bonds is 5. The number of benzene rings is 1. The molecule has 1 aromatic carbocycles. The highest BCUT2D eigenvalue weighted by molar-refractivity contribution is 5.91. The maximum absolute atomic E-state index is 12.0. The number of likely N-dealkylation sites (N-methyl/N-ethyl adjacent to an activating group) is 1. The fourth-order valence-electron chi connectivity index (χ4n) is 1.87. The topological polar surface area (TPSA) is 52.2 Å². The first-order valence-corrected chi connectivity index (χ1v) is 6.75. The van der Waals surface area contributed by atoms with Gasteiger partial charge in [-0.3, -0.25) is 4.79 Å². The molecule has 0 saturated carbocycles. The molecule has 1 N–H and O–H groups in total. The molecule has 0 aliphatic heterocycles. The molecule has 110 valence electrons. The summed E-state index contributed by atoms with van der Waals surface area (Å²) in [5.41, 5.74) is 2.13. The van der Waals surface area contributed by atoms with Gasteiger partial charge in [0, 0.05) is 45.3 Å². The van der Waals surface area contributed by atoms with Gasteiger partial charge in [-0.15, -0.1) is 0 Å². The van der Waals surface area contributed by atoms with Crippen molar-refractivity contribution in [1.82, 2.24) is 14.9 Å². The van der Waals surface area contributed by atoms with Crippen LogP contribution < -0.4 is 4.90 Å². The zero-order chi connectivity index (χ0) is 15.2. The van der Waals surface area contributed by atoms with Crippen LogP contribution in [0.25, 0.3) is 6.08 Å². The van der Waals surface area contributed by atoms with Gasteiger partial charge in [-0.1, -0.05) is 12.1 Å². The number of amides is 1. The summed E-state index contributed by atoms with van der Waals surface area (Å²) in [6, 6.07) is 8.03. The molecule has 0 radical (unpaired) electrons. The van der Waals surface area contributed by atoms with Crippen molar-refractivity contribution in [2.75, 3.05) is 26.0 Å². The van der Waals surface area contributed by atoms with E-state index in [0.717, 1.165) is 17.1 Å². The first kappa shape index (κ1) is 14.8. The molecule has 0 atom stereocenters. The molecule has 0 spiro atoms. The summed E-state index contributed by atoms with van der Waals surface area (Å²) in [6.07, 6.45) is 6.82. The van der Waals surface area contributed by atoms with Crippen molar-refractivity contribution in [3.63, 3.8) is 0 Å². The fourth-order valence-corrected chi connectivity index (χ4v) is 1.87. The Hall–Kier alpha value is -2.56. The van der Waals surface area contributed by atoms with Gasteiger partial charge in [-0.2, -0.15) is 0 Å². The van der Waals surface area contributed by atoms with Gasteiger partial charge in [0.05, 0.1) is 6.54 Å². The number of nitrogens with zero attached hydrogens (tertiary/aromatic N) is 3. The SMILES string of the molecule is CN(Cc1ncc[nH]1)C(=O)C=Cc1ccc(N(C)C)cc1. The molecular formula is C16H20N4O. The molecule has 21 heavy (non-hydrogen) atoms. The summed E-state index contributed by atoms with van der Waals surface area (Å²) < 4.78 is 0. The van der Waals surface area contributed by atoms with Crippen LogP contribution in [-0.4, -0.2) is 41.9 Å². The van der Waals surface area contributed by atoms with Crippen LogP contribution in [0.1, 0.15) is 11.4 Å². The summed E-state index contributed by atoms with van der Waals surface area (Å²) in [6.45, 7) is 0.468. The van der Waals surface area contributed by atoms with Crippen LogP contribution >= 0.6 is 0 Å². The monoisotopic (exact) mass is 284 g/mol. The summed E-state index contributed by atoms with van der Waals surface area (Å²) in [5.74, 6) is 0.720. The Morgan fingerprint density at radius 1 is 1.24 bits per heavy atom. The lowest BCUT2D eigenvalue weighted by Gasteiger charge is -2.13. The highest BCUT2D eigenvalue weighted by atomic mass is 16.2. The van der Waals surface area contributed by atoms with E-state index in [-0.39, 0.29) is 5.91 Å². The van der Waals surface area contributed by atoms with Crippen molar-refractivity contribution in [2.24, 2.45) is 0 Å². The normalized spacial score (nSPS) is 10.8. The minimum Gasteiger partial charge on any atom is -0.378 e. The number of imidazole rings is 1. The molecule has 1 amide bonds. The van der Waals surface area contributed by atoms with Crippen LogP contribution in [0.5, 0.6) is 0 Å². The van der Waals surface area contributed by atoms with Gasteiger partial charge in [-0.25, -0.2) is 4.98 Å². The number of aromatic amines is 1. The Morgan fingerprint density at radius 2 is 1.95 bits per heavy atom. The fraction of sp³-hybridized carbons (Fsp3) is 0.250. The molecule has 0 aliphatic rings. The van der Waals surface area contributed by atoms with Crippen molar-refractivity contribution >= 4 is 17.7 Å². The first-order chi connectivity index (χ1) is 10.1. The highest BCUT2D eigenvalue weighted by Crippen LogP contribution is 2.13. The van der Waals surface area contributed by atoms with Gasteiger partial charge < -0.3 is 14.8 Å². The van der Waals surface area contributed by atoms with Crippen molar-refractivity contribution in [3.05, 3.63) is 54.1 Å². The van der Waals surface area contributed by atoms with Crippen molar-refractivity contribution in [3.8, 4) is 0 Å². The standard InChI is InChI=1S/C16H20N4O/c1-19(2)14-7-4-13(5-8-14)6-9-16(21)20(3)12-15-17-10-11-18-15/h4-11H,12H2,1-3H3,(H,17,18). The van der Waals surface area contributed by atoms with E-state index < -0.39 is 0 Å². The van der Waals surface area contributed by atoms with Crippen LogP contribution in [0.15, 0.2) is 42.7 Å². The van der Waals surface area contributed by atoms with Gasteiger partial charge in [-0.05, 0) is 23.8 Å². The van der Waals surface area contributed by atoms with Gasteiger partial charge >= 0.3 is 0 Å². The number of anilines is 1. The lowest BCUT2D eigenvalue weighted by atomic mass is 10.2. The molecule has 2 aromatic rings. The Bertz CT molecular complexity index is 600. The molecular weight excluding hydrogens is 264 g/mol. The van der Waals surface area contributed by atoms with Gasteiger partial charge in [0.15, 0.2) is 0 Å². The summed E-state index contributed by atoms with van der Waals surface area (Å²) in [7, 11) is 5.75. The predicted octanol–water partition coefficient (Wildman–Crippen LogP) is 2.15. The van der Waals surface area contributed by atoms with Gasteiger partial charge in [0.25, 0.3) is 0 Å². The first-order valence-electron chi connectivity index (χ1n) is 6.75. The second-order valence-corrected chi connectivity index (χ2v) is 5.05. The van der Waals surface area contributed by atoms with Crippen molar-refractivity contribution in [2.45, 2.75) is 6.54 Å². The molecule has 0 bridgehead atoms. The van der Waals surface area contributed by atoms with E-state index in [1.54, 1.807) is 30.4 Å². The smallest absolute Gasteiger partial charge is 0.246 e. The van der Waals surface area contributed by atoms with E-state index in [1.165, 1.54) is 0 Å². The number of nitrogens with one attached hydrogen (secondary N) is 1. The summed E-state index contributed by atoms with van der Waals surface area (Å²) >= 11 is 0. The van der Waals surface area contributed by atoms with Crippen LogP contribution in [0.2, 0.25) is 0 Å². The quantitative estimate of drug-likeness (QED) is 0.856. The zero-order valence-corrected chi connectivity index (χ0v) is 12.6. The van der Waals surface area contributed by atoms with Crippen molar-refractivity contribution in [1.29, 1.82) is 0 Å². The number of hydrogen-bond donors (Lipinski definition) is 1. The van der Waals surface area contributed by atoms with Crippen molar-refractivity contribution < 1.29 is 4.79 Å². The maximum atomic E-state index is 12.0. The van der Waals surface area contributed by atoms with Crippen LogP contribution in [0.4, 0.5) is 5.69 Å². The number of carbonyl (C=O) groups excluding carboxylic acids is 1. The molecule has 1 heterocycles. The Morgan fingerprint density at radius 3 is 2.52 bits per heavy atom. The van der Waals surface area contributed by atoms with Crippen LogP contribution in [0, 0.1) is 0 Å². The zero-order valence-electron chi connectivity index (χ0n) is 12.6. The van der Waals surface area contributed by atoms with E-state index in [9.17, 15) is 4.79 Å². The number of hydrogen-bond acceptors (Lipinski definition) is 3. The second kappa shape index (κ2) is 6.74. The minimum atomic E-state index is -0.0527. The van der Waals surface area contributed by atoms with Gasteiger partial charge in [0.2, 0.25) is 5.91 Å². The Balaban J connectivity index is 1.94. The van der Waals surface area contributed by atoms with E-state index in [0.29, 0.717) is 6.54 Å². The lowest BCUT2D eigenvalue weighted by Crippen LogP contribution is -2.24. The molecule has 0 fully saturated rings. The third-order valence-corrected chi connectivity index (χ3v) is 3.15. The van der Waals surface area contributed by atoms with Crippen LogP contribution in [-0.2, 0) is 11.3 Å². The Kier molecular flexibility index (Phi) is 4.77. The number of aromatic nitrogens is 2. The maximum Gasteiger partial charge on any atom is 0.246 e. The summed E-state index contributed by atoms with van der Waals surface area (Å²) in [5, 5.41) is 0. The molecule has 0 unspecified atom stereocenters. The third kappa shape index (κ3) is 4.21. The van der Waals surface area contributed by atoms with Crippen LogP contribution in [0.3, 0.4) is 0 Å². The largest absolute Gasteiger partial charge is 0.378 e. The number of carbonyl (C=O) groups is 1. The average molecular weight is 284 g/mol. The van der Waals surface area contributed by atoms with E-state index in [1.807, 2.05) is 49.3 Å². The average Bonchev–Trinajstić information content (AvgIpc) is 2.98. The Labute approximate surface area is 124 Å². The third-order valence-electron chi connectivity index (χ3n) is 3.15. The minimum absolute atomic E-state index is 0.0527. The van der Waals surface area contributed by atoms with Gasteiger partial charge in [0.1, 0.15) is 5.82 Å². The summed E-state index contributed by atoms with van der Waals surface area (Å²) in [4.78, 5) is 22.7. The number of H-pyrrole nitrogens is 1. The van der Waals surface area contributed by atoms with E-state index >= 15 is 0 Å². The molecule has 1 aromatic heterocycles. The second-order valence-electron chi connectivity index (χ2n) is 5.05. The highest BCUT2D eigenvalue weighted by Gasteiger charge is 2.06. The predicted molar refractivity (Wildman–Crippen MR) is 84.9 cm³/mol. The van der Waals surface area contributed by atoms with E-state index in [2.05, 4.69) is 9.97 Å². The van der Waals surface area contributed by atoms with E-state index in [4.69, 9.17) is 0 Å².